The Kier molecular flexibility index (Phi) is 20.2. The highest BCUT2D eigenvalue weighted by Crippen LogP contribution is 2.43. The van der Waals surface area contributed by atoms with E-state index < -0.39 is 74.5 Å². The van der Waals surface area contributed by atoms with Gasteiger partial charge in [0.05, 0.1) is 30.5 Å². The number of nitrogens with one attached hydrogen (secondary N) is 3. The lowest BCUT2D eigenvalue weighted by Gasteiger charge is -2.49. The first-order valence-corrected chi connectivity index (χ1v) is 23.1. The van der Waals surface area contributed by atoms with Gasteiger partial charge in [-0.05, 0) is 56.6 Å². The number of para-hydroxylation sites is 1. The van der Waals surface area contributed by atoms with Crippen LogP contribution in [0.15, 0.2) is 54.8 Å². The standard InChI is InChI=1S/C23H34N3O10P.C20H32O5/c1-11(2)8-16(26-37(33,34)36-23-20(29)19(28)18(27)12(3)35-23)21(30)25-17(22(31)32)9-13-10-24-15-7-5-4-6-14(13)15;1-2-3-6-9-15(21)12-13-17-16(18-14-20(24-17)25-18)10-7-4-5-8-11-19(22)23/h4-7,10-12,16-20,23-24,27-29H,8-9H2,1-3H3,(H,25,30)(H,31,32)(H2,26,33,34);4,7,12-13,15-18,20-21H,2-3,5-6,8-11,14H2,1H3,(H,22,23)/b;7-4-,13-12+/t12-,16-,17-,18-,19+,20+,23-;15-,16+,17+,18-,20+/m00/s1. The number of amides is 1. The first-order chi connectivity index (χ1) is 29.4. The smallest absolute Gasteiger partial charge is 0.406 e. The minimum atomic E-state index is -4.83. The molecule has 1 aromatic heterocycles. The third-order valence-corrected chi connectivity index (χ3v) is 12.2. The van der Waals surface area contributed by atoms with Crippen molar-refractivity contribution in [1.82, 2.24) is 15.4 Å². The van der Waals surface area contributed by atoms with E-state index in [-0.39, 0.29) is 49.6 Å². The highest BCUT2D eigenvalue weighted by Gasteiger charge is 2.47. The number of benzene rings is 1. The van der Waals surface area contributed by atoms with Gasteiger partial charge in [0.1, 0.15) is 24.4 Å². The van der Waals surface area contributed by atoms with Crippen LogP contribution in [0.25, 0.3) is 10.9 Å². The van der Waals surface area contributed by atoms with Crippen LogP contribution in [0.4, 0.5) is 0 Å². The third kappa shape index (κ3) is 15.6. The monoisotopic (exact) mass is 895 g/mol. The number of aliphatic carboxylic acids is 2. The van der Waals surface area contributed by atoms with Gasteiger partial charge in [0, 0.05) is 42.3 Å². The molecule has 10 N–H and O–H groups in total. The number of aliphatic hydroxyl groups excluding tert-OH is 4. The Balaban J connectivity index is 0.000000294. The zero-order valence-corrected chi connectivity index (χ0v) is 36.7. The molecular formula is C43H66N3O15P. The Morgan fingerprint density at radius 3 is 2.40 bits per heavy atom. The first kappa shape index (κ1) is 51.1. The molecule has 1 unspecified atom stereocenters. The summed E-state index contributed by atoms with van der Waals surface area (Å²) in [6.07, 6.45) is 9.30. The molecule has 13 atom stereocenters. The van der Waals surface area contributed by atoms with Gasteiger partial charge < -0.3 is 60.0 Å². The van der Waals surface area contributed by atoms with Crippen LogP contribution in [-0.2, 0) is 44.1 Å². The minimum Gasteiger partial charge on any atom is -0.481 e. The van der Waals surface area contributed by atoms with Gasteiger partial charge in [0.15, 0.2) is 12.6 Å². The maximum atomic E-state index is 13.1. The summed E-state index contributed by atoms with van der Waals surface area (Å²) in [6, 6.07) is 4.63. The Bertz CT molecular complexity index is 1830. The number of hydrogen-bond acceptors (Lipinski definition) is 12. The molecule has 0 saturated carbocycles. The SMILES string of the molecule is CC(C)C[C@H](NP(=O)(O)O[C@@H]1O[C@@H](C)[C@H](O)[C@@H](O)[C@H]1O)C(=O)N[C@@H](Cc1c[nH]c2ccccc12)C(=O)O.CCCCC[C@H](O)/C=C/[C@H]1O[C@H]2C[C@H](O2)[C@@H]1C/C=C\CCCC(=O)O. The Morgan fingerprint density at radius 2 is 1.73 bits per heavy atom. The summed E-state index contributed by atoms with van der Waals surface area (Å²) in [5, 5.41) is 63.7. The molecule has 348 valence electrons. The minimum absolute atomic E-state index is 0.0120. The topological polar surface area (TPSA) is 287 Å². The van der Waals surface area contributed by atoms with E-state index in [0.29, 0.717) is 12.0 Å². The van der Waals surface area contributed by atoms with Gasteiger partial charge >= 0.3 is 19.7 Å². The summed E-state index contributed by atoms with van der Waals surface area (Å²) >= 11 is 0. The van der Waals surface area contributed by atoms with Gasteiger partial charge in [0.25, 0.3) is 0 Å². The Labute approximate surface area is 362 Å². The van der Waals surface area contributed by atoms with Crippen LogP contribution in [0.1, 0.15) is 97.5 Å². The Hall–Kier alpha value is -3.52. The summed E-state index contributed by atoms with van der Waals surface area (Å²) in [6.45, 7) is 7.06. The van der Waals surface area contributed by atoms with Crippen molar-refractivity contribution in [3.05, 3.63) is 60.3 Å². The molecule has 2 aromatic rings. The van der Waals surface area contributed by atoms with Gasteiger partial charge in [0.2, 0.25) is 5.91 Å². The molecule has 6 rings (SSSR count). The highest BCUT2D eigenvalue weighted by molar-refractivity contribution is 7.50. The van der Waals surface area contributed by atoms with Gasteiger partial charge in [-0.2, -0.15) is 0 Å². The zero-order valence-electron chi connectivity index (χ0n) is 35.8. The number of H-pyrrole nitrogens is 1. The molecule has 1 amide bonds. The van der Waals surface area contributed by atoms with Crippen LogP contribution in [0.2, 0.25) is 0 Å². The molecule has 1 aromatic carbocycles. The molecule has 2 bridgehead atoms. The molecular weight excluding hydrogens is 829 g/mol. The van der Waals surface area contributed by atoms with Crippen molar-refractivity contribution in [2.24, 2.45) is 11.8 Å². The van der Waals surface area contributed by atoms with Crippen molar-refractivity contribution in [2.45, 2.75) is 166 Å². The molecule has 4 aliphatic heterocycles. The van der Waals surface area contributed by atoms with Crippen LogP contribution in [-0.4, -0.2) is 126 Å². The Morgan fingerprint density at radius 1 is 1.00 bits per heavy atom. The lowest BCUT2D eigenvalue weighted by Crippen LogP contribution is -2.57. The van der Waals surface area contributed by atoms with Crippen LogP contribution in [0, 0.1) is 11.8 Å². The summed E-state index contributed by atoms with van der Waals surface area (Å²) < 4.78 is 34.6. The molecule has 18 nitrogen and oxygen atoms in total. The summed E-state index contributed by atoms with van der Waals surface area (Å²) in [5.74, 6) is -2.75. The summed E-state index contributed by atoms with van der Waals surface area (Å²) in [4.78, 5) is 49.0. The maximum absolute atomic E-state index is 13.1. The van der Waals surface area contributed by atoms with Crippen molar-refractivity contribution < 1.29 is 73.2 Å². The number of fused-ring (bicyclic) bond motifs is 3. The lowest BCUT2D eigenvalue weighted by molar-refractivity contribution is -0.337. The van der Waals surface area contributed by atoms with Crippen LogP contribution in [0.5, 0.6) is 0 Å². The normalized spacial score (nSPS) is 28.5. The number of carboxylic acid groups (broad SMARTS) is 2. The van der Waals surface area contributed by atoms with E-state index in [2.05, 4.69) is 28.4 Å². The second kappa shape index (κ2) is 24.5. The summed E-state index contributed by atoms with van der Waals surface area (Å²) in [7, 11) is -4.83. The van der Waals surface area contributed by atoms with Gasteiger partial charge in [-0.1, -0.05) is 82.5 Å². The predicted molar refractivity (Wildman–Crippen MR) is 227 cm³/mol. The van der Waals surface area contributed by atoms with Crippen LogP contribution >= 0.6 is 7.75 Å². The first-order valence-electron chi connectivity index (χ1n) is 21.5. The van der Waals surface area contributed by atoms with Gasteiger partial charge in [-0.25, -0.2) is 14.4 Å². The van der Waals surface area contributed by atoms with E-state index in [1.54, 1.807) is 20.0 Å². The predicted octanol–water partition coefficient (Wildman–Crippen LogP) is 4.04. The van der Waals surface area contributed by atoms with Gasteiger partial charge in [-0.3, -0.25) is 14.1 Å². The van der Waals surface area contributed by atoms with E-state index in [0.717, 1.165) is 55.8 Å². The fourth-order valence-electron chi connectivity index (χ4n) is 7.53. The maximum Gasteiger partial charge on any atom is 0.406 e. The number of rotatable bonds is 23. The molecule has 4 saturated heterocycles. The van der Waals surface area contributed by atoms with Crippen molar-refractivity contribution in [3.63, 3.8) is 0 Å². The number of aromatic amines is 1. The highest BCUT2D eigenvalue weighted by atomic mass is 31.2. The van der Waals surface area contributed by atoms with Crippen molar-refractivity contribution in [1.29, 1.82) is 0 Å². The van der Waals surface area contributed by atoms with E-state index in [1.165, 1.54) is 6.92 Å². The molecule has 5 heterocycles. The van der Waals surface area contributed by atoms with Crippen molar-refractivity contribution in [2.75, 3.05) is 0 Å². The average Bonchev–Trinajstić information content (AvgIpc) is 3.61. The van der Waals surface area contributed by atoms with E-state index >= 15 is 0 Å². The van der Waals surface area contributed by atoms with Gasteiger partial charge in [-0.15, -0.1) is 0 Å². The molecule has 0 radical (unpaired) electrons. The second-order valence-electron chi connectivity index (χ2n) is 16.6. The molecule has 0 aliphatic carbocycles. The lowest BCUT2D eigenvalue weighted by atomic mass is 9.84. The van der Waals surface area contributed by atoms with Crippen LogP contribution < -0.4 is 10.4 Å². The molecule has 0 spiro atoms. The number of unbranched alkanes of at least 4 members (excludes halogenated alkanes) is 3. The van der Waals surface area contributed by atoms with Crippen LogP contribution in [0.3, 0.4) is 0 Å². The second-order valence-corrected chi connectivity index (χ2v) is 18.1. The van der Waals surface area contributed by atoms with E-state index in [1.807, 2.05) is 42.5 Å². The number of carbonyl (C=O) groups excluding carboxylic acids is 1. The van der Waals surface area contributed by atoms with Crippen molar-refractivity contribution in [3.8, 4) is 0 Å². The number of aliphatic hydroxyl groups is 4. The number of hydrogen-bond donors (Lipinski definition) is 10. The largest absolute Gasteiger partial charge is 0.481 e. The molecule has 4 aliphatic rings. The van der Waals surface area contributed by atoms with E-state index in [9.17, 15) is 49.4 Å². The number of allylic oxidation sites excluding steroid dienone is 2. The van der Waals surface area contributed by atoms with Crippen molar-refractivity contribution >= 4 is 36.5 Å². The number of ether oxygens (including phenoxy) is 3. The number of carboxylic acids is 2. The number of aromatic nitrogens is 1. The summed E-state index contributed by atoms with van der Waals surface area (Å²) in [5.41, 5.74) is 1.48. The number of carbonyl (C=O) groups is 3. The molecule has 19 heteroatoms. The molecule has 4 fully saturated rings. The fourth-order valence-corrected chi connectivity index (χ4v) is 8.66. The average molecular weight is 896 g/mol. The zero-order chi connectivity index (χ0) is 45.6. The third-order valence-electron chi connectivity index (χ3n) is 11.0. The van der Waals surface area contributed by atoms with E-state index in [4.69, 9.17) is 23.8 Å². The fraction of sp³-hybridized carbons (Fsp3) is 0.651. The molecule has 62 heavy (non-hydrogen) atoms. The quantitative estimate of drug-likeness (QED) is 0.0428.